The molecule has 1 aliphatic rings. The second kappa shape index (κ2) is 6.93. The highest BCUT2D eigenvalue weighted by molar-refractivity contribution is 5.76. The average Bonchev–Trinajstić information content (AvgIpc) is 3.19. The van der Waals surface area contributed by atoms with Crippen molar-refractivity contribution in [2.24, 2.45) is 0 Å². The first-order valence-electron chi connectivity index (χ1n) is 8.90. The standard InChI is InChI=1S/C17H26N6O2/c1-5-12-20-21-13-7-6-11(10-23(12)13)18-14(24)8-9-15-19-16(22-25-15)17(2,3)4/h11H,5-10H2,1-4H3,(H,18,24). The van der Waals surface area contributed by atoms with Crippen LogP contribution in [0.2, 0.25) is 0 Å². The van der Waals surface area contributed by atoms with Gasteiger partial charge in [0.15, 0.2) is 5.82 Å². The van der Waals surface area contributed by atoms with E-state index < -0.39 is 0 Å². The summed E-state index contributed by atoms with van der Waals surface area (Å²) < 4.78 is 7.36. The first kappa shape index (κ1) is 17.6. The van der Waals surface area contributed by atoms with E-state index in [0.717, 1.165) is 37.5 Å². The van der Waals surface area contributed by atoms with Gasteiger partial charge in [0.2, 0.25) is 11.8 Å². The number of rotatable bonds is 5. The maximum atomic E-state index is 12.3. The van der Waals surface area contributed by atoms with Crippen LogP contribution in [0.15, 0.2) is 4.52 Å². The Balaban J connectivity index is 1.51. The third-order valence-electron chi connectivity index (χ3n) is 4.41. The SMILES string of the molecule is CCc1nnc2n1CC(NC(=O)CCc1nc(C(C)(C)C)no1)CC2. The van der Waals surface area contributed by atoms with Crippen molar-refractivity contribution in [3.63, 3.8) is 0 Å². The first-order valence-corrected chi connectivity index (χ1v) is 8.90. The second-order valence-electron chi connectivity index (χ2n) is 7.56. The molecule has 1 amide bonds. The highest BCUT2D eigenvalue weighted by atomic mass is 16.5. The summed E-state index contributed by atoms with van der Waals surface area (Å²) in [5.41, 5.74) is -0.153. The molecule has 8 heteroatoms. The Kier molecular flexibility index (Phi) is 4.87. The molecule has 3 rings (SSSR count). The van der Waals surface area contributed by atoms with E-state index in [1.807, 2.05) is 20.8 Å². The van der Waals surface area contributed by atoms with Gasteiger partial charge in [0, 0.05) is 43.7 Å². The summed E-state index contributed by atoms with van der Waals surface area (Å²) in [6.45, 7) is 8.89. The quantitative estimate of drug-likeness (QED) is 0.882. The molecule has 2 aromatic rings. The Bertz CT molecular complexity index is 729. The van der Waals surface area contributed by atoms with Crippen LogP contribution in [0.4, 0.5) is 0 Å². The summed E-state index contributed by atoms with van der Waals surface area (Å²) in [5.74, 6) is 3.19. The van der Waals surface area contributed by atoms with E-state index in [1.54, 1.807) is 0 Å². The first-order chi connectivity index (χ1) is 11.9. The van der Waals surface area contributed by atoms with Gasteiger partial charge < -0.3 is 14.4 Å². The van der Waals surface area contributed by atoms with Crippen LogP contribution in [0.1, 0.15) is 63.9 Å². The summed E-state index contributed by atoms with van der Waals surface area (Å²) in [4.78, 5) is 16.6. The number of amides is 1. The number of hydrogen-bond donors (Lipinski definition) is 1. The van der Waals surface area contributed by atoms with E-state index >= 15 is 0 Å². The van der Waals surface area contributed by atoms with E-state index in [2.05, 4.69) is 37.1 Å². The third-order valence-corrected chi connectivity index (χ3v) is 4.41. The summed E-state index contributed by atoms with van der Waals surface area (Å²) >= 11 is 0. The van der Waals surface area contributed by atoms with Gasteiger partial charge in [-0.05, 0) is 6.42 Å². The minimum absolute atomic E-state index is 0.00933. The van der Waals surface area contributed by atoms with E-state index in [4.69, 9.17) is 4.52 Å². The molecule has 1 N–H and O–H groups in total. The van der Waals surface area contributed by atoms with Crippen molar-refractivity contribution in [3.05, 3.63) is 23.4 Å². The predicted molar refractivity (Wildman–Crippen MR) is 91.0 cm³/mol. The lowest BCUT2D eigenvalue weighted by Crippen LogP contribution is -2.41. The van der Waals surface area contributed by atoms with Gasteiger partial charge in [-0.2, -0.15) is 4.98 Å². The number of carbonyl (C=O) groups is 1. The Morgan fingerprint density at radius 2 is 2.16 bits per heavy atom. The van der Waals surface area contributed by atoms with Gasteiger partial charge in [0.25, 0.3) is 0 Å². The fourth-order valence-corrected chi connectivity index (χ4v) is 2.94. The van der Waals surface area contributed by atoms with Crippen LogP contribution in [0, 0.1) is 0 Å². The fourth-order valence-electron chi connectivity index (χ4n) is 2.94. The Morgan fingerprint density at radius 3 is 2.84 bits per heavy atom. The van der Waals surface area contributed by atoms with Crippen molar-refractivity contribution < 1.29 is 9.32 Å². The molecule has 2 aromatic heterocycles. The minimum atomic E-state index is -0.153. The van der Waals surface area contributed by atoms with Crippen LogP contribution in [0.5, 0.6) is 0 Å². The van der Waals surface area contributed by atoms with Crippen LogP contribution in [0.25, 0.3) is 0 Å². The van der Waals surface area contributed by atoms with Gasteiger partial charge in [-0.3, -0.25) is 4.79 Å². The van der Waals surface area contributed by atoms with E-state index in [-0.39, 0.29) is 17.4 Å². The molecule has 0 aliphatic carbocycles. The zero-order valence-corrected chi connectivity index (χ0v) is 15.4. The van der Waals surface area contributed by atoms with Gasteiger partial charge in [-0.15, -0.1) is 10.2 Å². The Morgan fingerprint density at radius 1 is 1.36 bits per heavy atom. The molecule has 1 unspecified atom stereocenters. The lowest BCUT2D eigenvalue weighted by atomic mass is 9.96. The predicted octanol–water partition coefficient (Wildman–Crippen LogP) is 1.58. The molecule has 0 saturated carbocycles. The number of aryl methyl sites for hydroxylation is 3. The average molecular weight is 346 g/mol. The molecule has 0 saturated heterocycles. The number of nitrogens with one attached hydrogen (secondary N) is 1. The lowest BCUT2D eigenvalue weighted by molar-refractivity contribution is -0.122. The molecular weight excluding hydrogens is 320 g/mol. The summed E-state index contributed by atoms with van der Waals surface area (Å²) in [6.07, 6.45) is 3.39. The molecule has 0 fully saturated rings. The highest BCUT2D eigenvalue weighted by Gasteiger charge is 2.24. The maximum absolute atomic E-state index is 12.3. The smallest absolute Gasteiger partial charge is 0.227 e. The van der Waals surface area contributed by atoms with Crippen LogP contribution >= 0.6 is 0 Å². The van der Waals surface area contributed by atoms with Gasteiger partial charge in [-0.1, -0.05) is 32.9 Å². The summed E-state index contributed by atoms with van der Waals surface area (Å²) in [7, 11) is 0. The van der Waals surface area contributed by atoms with E-state index in [1.165, 1.54) is 0 Å². The summed E-state index contributed by atoms with van der Waals surface area (Å²) in [5, 5.41) is 15.5. The molecular formula is C17H26N6O2. The number of carbonyl (C=O) groups excluding carboxylic acids is 1. The number of aromatic nitrogens is 5. The van der Waals surface area contributed by atoms with E-state index in [0.29, 0.717) is 24.6 Å². The minimum Gasteiger partial charge on any atom is -0.352 e. The molecule has 3 heterocycles. The van der Waals surface area contributed by atoms with Gasteiger partial charge >= 0.3 is 0 Å². The molecule has 0 bridgehead atoms. The molecule has 0 aromatic carbocycles. The second-order valence-corrected chi connectivity index (χ2v) is 7.56. The molecule has 25 heavy (non-hydrogen) atoms. The van der Waals surface area contributed by atoms with Crippen molar-refractivity contribution in [2.75, 3.05) is 0 Å². The van der Waals surface area contributed by atoms with Crippen LogP contribution in [-0.4, -0.2) is 36.9 Å². The topological polar surface area (TPSA) is 98.7 Å². The normalized spacial score (nSPS) is 17.4. The molecule has 1 aliphatic heterocycles. The van der Waals surface area contributed by atoms with Gasteiger partial charge in [0.05, 0.1) is 0 Å². The Hall–Kier alpha value is -2.25. The molecule has 0 spiro atoms. The summed E-state index contributed by atoms with van der Waals surface area (Å²) in [6, 6.07) is 0.120. The number of hydrogen-bond acceptors (Lipinski definition) is 6. The lowest BCUT2D eigenvalue weighted by Gasteiger charge is -2.25. The third kappa shape index (κ3) is 4.05. The molecule has 8 nitrogen and oxygen atoms in total. The van der Waals surface area contributed by atoms with Crippen LogP contribution in [0.3, 0.4) is 0 Å². The molecule has 136 valence electrons. The maximum Gasteiger partial charge on any atom is 0.227 e. The van der Waals surface area contributed by atoms with Crippen molar-refractivity contribution in [3.8, 4) is 0 Å². The molecule has 1 atom stereocenters. The van der Waals surface area contributed by atoms with Crippen molar-refractivity contribution in [1.82, 2.24) is 30.2 Å². The van der Waals surface area contributed by atoms with Crippen molar-refractivity contribution >= 4 is 5.91 Å². The zero-order chi connectivity index (χ0) is 18.0. The van der Waals surface area contributed by atoms with Crippen molar-refractivity contribution in [1.29, 1.82) is 0 Å². The zero-order valence-electron chi connectivity index (χ0n) is 15.4. The van der Waals surface area contributed by atoms with Crippen LogP contribution in [-0.2, 0) is 36.0 Å². The van der Waals surface area contributed by atoms with E-state index in [9.17, 15) is 4.79 Å². The Labute approximate surface area is 147 Å². The fraction of sp³-hybridized carbons (Fsp3) is 0.706. The molecule has 0 radical (unpaired) electrons. The largest absolute Gasteiger partial charge is 0.352 e. The van der Waals surface area contributed by atoms with Gasteiger partial charge in [-0.25, -0.2) is 0 Å². The highest BCUT2D eigenvalue weighted by Crippen LogP contribution is 2.19. The number of nitrogens with zero attached hydrogens (tertiary/aromatic N) is 5. The van der Waals surface area contributed by atoms with Gasteiger partial charge in [0.1, 0.15) is 11.6 Å². The van der Waals surface area contributed by atoms with Crippen molar-refractivity contribution in [2.45, 2.75) is 77.8 Å². The van der Waals surface area contributed by atoms with Crippen LogP contribution < -0.4 is 5.32 Å². The monoisotopic (exact) mass is 346 g/mol. The number of fused-ring (bicyclic) bond motifs is 1.